The number of fused-ring (bicyclic) bond motifs is 3. The van der Waals surface area contributed by atoms with Gasteiger partial charge in [0.15, 0.2) is 5.69 Å². The van der Waals surface area contributed by atoms with Crippen LogP contribution in [0.25, 0.3) is 0 Å². The maximum atomic E-state index is 14.5. The molecule has 0 aliphatic heterocycles. The van der Waals surface area contributed by atoms with E-state index in [1.54, 1.807) is 20.1 Å². The SMILES string of the molecule is CCOC(=O)c1nn(C(C)SC)c2c1C1C#C[C@H]1C2(F)F. The Hall–Kier alpha value is -1.55. The highest BCUT2D eigenvalue weighted by atomic mass is 32.2. The summed E-state index contributed by atoms with van der Waals surface area (Å²) in [5, 5.41) is 3.81. The second-order valence-electron chi connectivity index (χ2n) is 4.98. The molecule has 3 rings (SSSR count). The zero-order chi connectivity index (χ0) is 15.4. The van der Waals surface area contributed by atoms with Crippen LogP contribution >= 0.6 is 11.8 Å². The van der Waals surface area contributed by atoms with Crippen molar-refractivity contribution in [2.45, 2.75) is 31.1 Å². The molecular formula is C14H14F2N2O2S. The maximum Gasteiger partial charge on any atom is 0.359 e. The van der Waals surface area contributed by atoms with Gasteiger partial charge in [0.05, 0.1) is 17.9 Å². The molecule has 0 amide bonds. The topological polar surface area (TPSA) is 44.1 Å². The third kappa shape index (κ3) is 1.81. The highest BCUT2D eigenvalue weighted by Crippen LogP contribution is 2.57. The first kappa shape index (κ1) is 14.4. The third-order valence-corrected chi connectivity index (χ3v) is 4.73. The molecular weight excluding hydrogens is 298 g/mol. The van der Waals surface area contributed by atoms with Crippen LogP contribution < -0.4 is 0 Å². The Bertz CT molecular complexity index is 674. The van der Waals surface area contributed by atoms with Crippen LogP contribution in [0.5, 0.6) is 0 Å². The van der Waals surface area contributed by atoms with Gasteiger partial charge in [-0.15, -0.1) is 11.8 Å². The number of thioether (sulfide) groups is 1. The molecule has 0 aromatic carbocycles. The number of hydrogen-bond acceptors (Lipinski definition) is 4. The molecule has 4 nitrogen and oxygen atoms in total. The fourth-order valence-electron chi connectivity index (χ4n) is 2.72. The quantitative estimate of drug-likeness (QED) is 0.633. The lowest BCUT2D eigenvalue weighted by Crippen LogP contribution is -2.29. The van der Waals surface area contributed by atoms with Crippen LogP contribution in [0.4, 0.5) is 8.78 Å². The molecule has 2 unspecified atom stereocenters. The van der Waals surface area contributed by atoms with Gasteiger partial charge in [0.1, 0.15) is 11.6 Å². The van der Waals surface area contributed by atoms with Crippen molar-refractivity contribution in [3.63, 3.8) is 0 Å². The number of esters is 1. The number of hydrogen-bond donors (Lipinski definition) is 0. The van der Waals surface area contributed by atoms with E-state index >= 15 is 0 Å². The summed E-state index contributed by atoms with van der Waals surface area (Å²) in [4.78, 5) is 12.0. The van der Waals surface area contributed by atoms with Gasteiger partial charge in [0.25, 0.3) is 0 Å². The van der Waals surface area contributed by atoms with E-state index in [1.807, 2.05) is 0 Å². The fourth-order valence-corrected chi connectivity index (χ4v) is 3.08. The van der Waals surface area contributed by atoms with E-state index < -0.39 is 23.7 Å². The van der Waals surface area contributed by atoms with E-state index in [0.29, 0.717) is 0 Å². The highest BCUT2D eigenvalue weighted by molar-refractivity contribution is 7.98. The van der Waals surface area contributed by atoms with Crippen molar-refractivity contribution >= 4 is 17.7 Å². The van der Waals surface area contributed by atoms with E-state index in [2.05, 4.69) is 16.9 Å². The average Bonchev–Trinajstić information content (AvgIpc) is 2.82. The van der Waals surface area contributed by atoms with Gasteiger partial charge in [-0.1, -0.05) is 11.8 Å². The van der Waals surface area contributed by atoms with Crippen molar-refractivity contribution in [2.24, 2.45) is 5.92 Å². The zero-order valence-electron chi connectivity index (χ0n) is 11.8. The second kappa shape index (κ2) is 4.73. The van der Waals surface area contributed by atoms with Crippen molar-refractivity contribution in [2.75, 3.05) is 12.9 Å². The Morgan fingerprint density at radius 3 is 2.81 bits per heavy atom. The fraction of sp³-hybridized carbons (Fsp3) is 0.571. The second-order valence-corrected chi connectivity index (χ2v) is 6.13. The molecule has 0 spiro atoms. The number of carbonyl (C=O) groups is 1. The minimum Gasteiger partial charge on any atom is -0.461 e. The summed E-state index contributed by atoms with van der Waals surface area (Å²) in [6.45, 7) is 3.61. The molecule has 112 valence electrons. The smallest absolute Gasteiger partial charge is 0.359 e. The molecule has 0 saturated heterocycles. The number of aromatic nitrogens is 2. The number of ether oxygens (including phenoxy) is 1. The molecule has 0 fully saturated rings. The van der Waals surface area contributed by atoms with Crippen LogP contribution in [-0.4, -0.2) is 28.6 Å². The summed E-state index contributed by atoms with van der Waals surface area (Å²) in [6, 6.07) is 0. The molecule has 1 aromatic rings. The minimum absolute atomic E-state index is 0.0195. The Morgan fingerprint density at radius 1 is 1.57 bits per heavy atom. The largest absolute Gasteiger partial charge is 0.461 e. The van der Waals surface area contributed by atoms with Crippen LogP contribution in [0.1, 0.15) is 46.9 Å². The third-order valence-electron chi connectivity index (χ3n) is 3.85. The maximum absolute atomic E-state index is 14.5. The molecule has 21 heavy (non-hydrogen) atoms. The molecule has 0 radical (unpaired) electrons. The lowest BCUT2D eigenvalue weighted by molar-refractivity contribution is -0.0450. The van der Waals surface area contributed by atoms with E-state index in [-0.39, 0.29) is 28.9 Å². The molecule has 7 heteroatoms. The van der Waals surface area contributed by atoms with Gasteiger partial charge in [-0.3, -0.25) is 0 Å². The first-order valence-electron chi connectivity index (χ1n) is 6.65. The Balaban J connectivity index is 2.18. The lowest BCUT2D eigenvalue weighted by atomic mass is 9.84. The first-order chi connectivity index (χ1) is 9.93. The van der Waals surface area contributed by atoms with Gasteiger partial charge in [0, 0.05) is 5.56 Å². The van der Waals surface area contributed by atoms with Crippen molar-refractivity contribution in [1.82, 2.24) is 9.78 Å². The Labute approximate surface area is 125 Å². The van der Waals surface area contributed by atoms with Crippen LogP contribution in [0.3, 0.4) is 0 Å². The number of carbonyl (C=O) groups excluding carboxylic acids is 1. The van der Waals surface area contributed by atoms with Crippen LogP contribution in [0, 0.1) is 17.8 Å². The van der Waals surface area contributed by atoms with Crippen LogP contribution in [0.15, 0.2) is 0 Å². The van der Waals surface area contributed by atoms with Gasteiger partial charge >= 0.3 is 11.9 Å². The van der Waals surface area contributed by atoms with Gasteiger partial charge in [-0.25, -0.2) is 9.48 Å². The molecule has 2 aliphatic rings. The summed E-state index contributed by atoms with van der Waals surface area (Å²) in [5.74, 6) is -0.152. The van der Waals surface area contributed by atoms with Gasteiger partial charge in [-0.2, -0.15) is 13.9 Å². The normalized spacial score (nSPS) is 25.2. The molecule has 0 N–H and O–H groups in total. The number of alkyl halides is 2. The van der Waals surface area contributed by atoms with Crippen molar-refractivity contribution < 1.29 is 18.3 Å². The number of nitrogens with zero attached hydrogens (tertiary/aromatic N) is 2. The predicted molar refractivity (Wildman–Crippen MR) is 74.3 cm³/mol. The standard InChI is InChI=1S/C14H14F2N2O2S/c1-4-20-13(19)11-10-8-5-6-9(8)14(15,16)12(10)18(17-11)7(2)21-3/h7-9H,4H2,1-3H3/t7?,8?,9-/m1/s1. The monoisotopic (exact) mass is 312 g/mol. The summed E-state index contributed by atoms with van der Waals surface area (Å²) in [5.41, 5.74) is 0.0388. The zero-order valence-corrected chi connectivity index (χ0v) is 12.6. The van der Waals surface area contributed by atoms with Gasteiger partial charge < -0.3 is 4.74 Å². The van der Waals surface area contributed by atoms with Crippen molar-refractivity contribution in [3.05, 3.63) is 17.0 Å². The minimum atomic E-state index is -3.08. The summed E-state index contributed by atoms with van der Waals surface area (Å²) in [7, 11) is 0. The molecule has 3 atom stereocenters. The summed E-state index contributed by atoms with van der Waals surface area (Å²) in [6.07, 6.45) is 1.81. The summed E-state index contributed by atoms with van der Waals surface area (Å²) < 4.78 is 35.2. The van der Waals surface area contributed by atoms with E-state index in [9.17, 15) is 13.6 Å². The molecule has 2 aliphatic carbocycles. The van der Waals surface area contributed by atoms with Gasteiger partial charge in [0.2, 0.25) is 0 Å². The molecule has 1 aromatic heterocycles. The first-order valence-corrected chi connectivity index (χ1v) is 7.93. The highest BCUT2D eigenvalue weighted by Gasteiger charge is 2.61. The van der Waals surface area contributed by atoms with E-state index in [0.717, 1.165) is 0 Å². The molecule has 0 bridgehead atoms. The Morgan fingerprint density at radius 2 is 2.29 bits per heavy atom. The van der Waals surface area contributed by atoms with E-state index in [4.69, 9.17) is 4.74 Å². The van der Waals surface area contributed by atoms with Crippen LogP contribution in [-0.2, 0) is 10.7 Å². The predicted octanol–water partition coefficient (Wildman–Crippen LogP) is 2.76. The van der Waals surface area contributed by atoms with Crippen LogP contribution in [0.2, 0.25) is 0 Å². The molecule has 1 heterocycles. The van der Waals surface area contributed by atoms with Crippen molar-refractivity contribution in [3.8, 4) is 11.8 Å². The number of halogens is 2. The summed E-state index contributed by atoms with van der Waals surface area (Å²) >= 11 is 1.38. The number of rotatable bonds is 4. The Kier molecular flexibility index (Phi) is 3.24. The lowest BCUT2D eigenvalue weighted by Gasteiger charge is -2.24. The van der Waals surface area contributed by atoms with Crippen molar-refractivity contribution in [1.29, 1.82) is 0 Å². The van der Waals surface area contributed by atoms with E-state index in [1.165, 1.54) is 16.4 Å². The average molecular weight is 312 g/mol. The molecule has 0 saturated carbocycles. The van der Waals surface area contributed by atoms with Gasteiger partial charge in [-0.05, 0) is 20.1 Å².